The lowest BCUT2D eigenvalue weighted by atomic mass is 10.2. The average molecular weight is 294 g/mol. The van der Waals surface area contributed by atoms with E-state index in [2.05, 4.69) is 5.10 Å². The van der Waals surface area contributed by atoms with Gasteiger partial charge in [-0.3, -0.25) is 4.79 Å². The Labute approximate surface area is 129 Å². The summed E-state index contributed by atoms with van der Waals surface area (Å²) in [7, 11) is 0. The SMILES string of the molecule is Cc1cccc(OCCCn2ncc3ccccc3c2=O)c1. The molecule has 0 saturated heterocycles. The number of aryl methyl sites for hydroxylation is 2. The largest absolute Gasteiger partial charge is 0.494 e. The highest BCUT2D eigenvalue weighted by atomic mass is 16.5. The fourth-order valence-electron chi connectivity index (χ4n) is 2.40. The highest BCUT2D eigenvalue weighted by Gasteiger charge is 2.03. The number of ether oxygens (including phenoxy) is 1. The molecular formula is C18H18N2O2. The Morgan fingerprint density at radius 3 is 2.86 bits per heavy atom. The molecule has 2 aromatic carbocycles. The van der Waals surface area contributed by atoms with Crippen LogP contribution in [-0.4, -0.2) is 16.4 Å². The van der Waals surface area contributed by atoms with Crippen molar-refractivity contribution in [1.29, 1.82) is 0 Å². The van der Waals surface area contributed by atoms with Crippen LogP contribution in [0.5, 0.6) is 5.75 Å². The van der Waals surface area contributed by atoms with Crippen LogP contribution in [0.1, 0.15) is 12.0 Å². The Kier molecular flexibility index (Phi) is 4.19. The number of hydrogen-bond donors (Lipinski definition) is 0. The maximum Gasteiger partial charge on any atom is 0.274 e. The van der Waals surface area contributed by atoms with Gasteiger partial charge in [-0.05, 0) is 30.7 Å². The Bertz CT molecular complexity index is 840. The van der Waals surface area contributed by atoms with Gasteiger partial charge in [0.05, 0.1) is 18.2 Å². The molecule has 0 fully saturated rings. The molecule has 4 nitrogen and oxygen atoms in total. The number of hydrogen-bond acceptors (Lipinski definition) is 3. The van der Waals surface area contributed by atoms with Crippen LogP contribution in [0, 0.1) is 6.92 Å². The van der Waals surface area contributed by atoms with Crippen molar-refractivity contribution in [1.82, 2.24) is 9.78 Å². The van der Waals surface area contributed by atoms with Gasteiger partial charge in [0, 0.05) is 18.4 Å². The van der Waals surface area contributed by atoms with E-state index >= 15 is 0 Å². The highest BCUT2D eigenvalue weighted by Crippen LogP contribution is 2.12. The van der Waals surface area contributed by atoms with Gasteiger partial charge >= 0.3 is 0 Å². The fraction of sp³-hybridized carbons (Fsp3) is 0.222. The molecule has 4 heteroatoms. The Hall–Kier alpha value is -2.62. The molecule has 3 aromatic rings. The molecule has 0 aliphatic rings. The molecular weight excluding hydrogens is 276 g/mol. The summed E-state index contributed by atoms with van der Waals surface area (Å²) in [5, 5.41) is 5.79. The monoisotopic (exact) mass is 294 g/mol. The number of fused-ring (bicyclic) bond motifs is 1. The number of aromatic nitrogens is 2. The molecule has 0 N–H and O–H groups in total. The highest BCUT2D eigenvalue weighted by molar-refractivity contribution is 5.80. The van der Waals surface area contributed by atoms with E-state index in [4.69, 9.17) is 4.74 Å². The van der Waals surface area contributed by atoms with Crippen molar-refractivity contribution in [3.05, 3.63) is 70.6 Å². The zero-order chi connectivity index (χ0) is 15.4. The minimum absolute atomic E-state index is 0.0475. The van der Waals surface area contributed by atoms with Crippen molar-refractivity contribution >= 4 is 10.8 Å². The molecule has 0 aliphatic carbocycles. The van der Waals surface area contributed by atoms with Crippen LogP contribution in [-0.2, 0) is 6.54 Å². The fourth-order valence-corrected chi connectivity index (χ4v) is 2.40. The first kappa shape index (κ1) is 14.3. The first-order valence-corrected chi connectivity index (χ1v) is 7.38. The molecule has 0 amide bonds. The summed E-state index contributed by atoms with van der Waals surface area (Å²) < 4.78 is 7.19. The lowest BCUT2D eigenvalue weighted by Crippen LogP contribution is -2.23. The molecule has 0 spiro atoms. The van der Waals surface area contributed by atoms with Gasteiger partial charge in [-0.2, -0.15) is 5.10 Å². The minimum atomic E-state index is -0.0475. The second-order valence-corrected chi connectivity index (χ2v) is 5.28. The van der Waals surface area contributed by atoms with Crippen molar-refractivity contribution in [3.8, 4) is 5.75 Å². The number of benzene rings is 2. The lowest BCUT2D eigenvalue weighted by Gasteiger charge is -2.08. The smallest absolute Gasteiger partial charge is 0.274 e. The zero-order valence-corrected chi connectivity index (χ0v) is 12.5. The van der Waals surface area contributed by atoms with Gasteiger partial charge < -0.3 is 4.74 Å². The Morgan fingerprint density at radius 2 is 2.00 bits per heavy atom. The van der Waals surface area contributed by atoms with Gasteiger partial charge in [-0.25, -0.2) is 4.68 Å². The van der Waals surface area contributed by atoms with Crippen LogP contribution in [0.3, 0.4) is 0 Å². The van der Waals surface area contributed by atoms with E-state index in [-0.39, 0.29) is 5.56 Å². The molecule has 0 atom stereocenters. The number of nitrogens with zero attached hydrogens (tertiary/aromatic N) is 2. The molecule has 22 heavy (non-hydrogen) atoms. The first-order valence-electron chi connectivity index (χ1n) is 7.38. The molecule has 0 bridgehead atoms. The third kappa shape index (κ3) is 3.17. The van der Waals surface area contributed by atoms with E-state index in [1.165, 1.54) is 10.2 Å². The second kappa shape index (κ2) is 6.43. The average Bonchev–Trinajstić information content (AvgIpc) is 2.54. The van der Waals surface area contributed by atoms with Gasteiger partial charge in [0.25, 0.3) is 5.56 Å². The topological polar surface area (TPSA) is 44.1 Å². The summed E-state index contributed by atoms with van der Waals surface area (Å²) in [6.07, 6.45) is 2.47. The van der Waals surface area contributed by atoms with Crippen molar-refractivity contribution < 1.29 is 4.74 Å². The van der Waals surface area contributed by atoms with E-state index in [0.29, 0.717) is 18.5 Å². The van der Waals surface area contributed by atoms with Crippen LogP contribution in [0.25, 0.3) is 10.8 Å². The summed E-state index contributed by atoms with van der Waals surface area (Å²) in [4.78, 5) is 12.3. The molecule has 0 radical (unpaired) electrons. The van der Waals surface area contributed by atoms with Crippen LogP contribution >= 0.6 is 0 Å². The minimum Gasteiger partial charge on any atom is -0.494 e. The summed E-state index contributed by atoms with van der Waals surface area (Å²) in [5.74, 6) is 0.860. The van der Waals surface area contributed by atoms with E-state index in [9.17, 15) is 4.79 Å². The first-order chi connectivity index (χ1) is 10.7. The van der Waals surface area contributed by atoms with Crippen LogP contribution in [0.2, 0.25) is 0 Å². The molecule has 112 valence electrons. The van der Waals surface area contributed by atoms with Crippen molar-refractivity contribution in [3.63, 3.8) is 0 Å². The Balaban J connectivity index is 1.62. The van der Waals surface area contributed by atoms with Crippen molar-refractivity contribution in [2.45, 2.75) is 19.9 Å². The maximum atomic E-state index is 12.3. The molecule has 3 rings (SSSR count). The van der Waals surface area contributed by atoms with Gasteiger partial charge in [-0.15, -0.1) is 0 Å². The Morgan fingerprint density at radius 1 is 1.14 bits per heavy atom. The predicted molar refractivity (Wildman–Crippen MR) is 87.3 cm³/mol. The normalized spacial score (nSPS) is 10.8. The van der Waals surface area contributed by atoms with Gasteiger partial charge in [0.1, 0.15) is 5.75 Å². The molecule has 0 aliphatic heterocycles. The zero-order valence-electron chi connectivity index (χ0n) is 12.5. The molecule has 1 heterocycles. The molecule has 1 aromatic heterocycles. The summed E-state index contributed by atoms with van der Waals surface area (Å²) >= 11 is 0. The van der Waals surface area contributed by atoms with E-state index in [1.807, 2.05) is 55.5 Å². The summed E-state index contributed by atoms with van der Waals surface area (Å²) in [5.41, 5.74) is 1.12. The molecule has 0 unspecified atom stereocenters. The predicted octanol–water partition coefficient (Wildman–Crippen LogP) is 3.17. The third-order valence-electron chi connectivity index (χ3n) is 3.53. The standard InChI is InChI=1S/C18H18N2O2/c1-14-6-4-8-16(12-14)22-11-5-10-20-18(21)17-9-3-2-7-15(17)13-19-20/h2-4,6-9,12-13H,5,10-11H2,1H3. The third-order valence-corrected chi connectivity index (χ3v) is 3.53. The quantitative estimate of drug-likeness (QED) is 0.679. The van der Waals surface area contributed by atoms with E-state index < -0.39 is 0 Å². The maximum absolute atomic E-state index is 12.3. The number of rotatable bonds is 5. The van der Waals surface area contributed by atoms with Crippen LogP contribution < -0.4 is 10.3 Å². The van der Waals surface area contributed by atoms with Crippen molar-refractivity contribution in [2.75, 3.05) is 6.61 Å². The lowest BCUT2D eigenvalue weighted by molar-refractivity contribution is 0.297. The van der Waals surface area contributed by atoms with Gasteiger partial charge in [0.2, 0.25) is 0 Å². The van der Waals surface area contributed by atoms with Crippen molar-refractivity contribution in [2.24, 2.45) is 0 Å². The van der Waals surface area contributed by atoms with E-state index in [0.717, 1.165) is 17.6 Å². The summed E-state index contributed by atoms with van der Waals surface area (Å²) in [6, 6.07) is 15.5. The van der Waals surface area contributed by atoms with Crippen LogP contribution in [0.15, 0.2) is 59.5 Å². The summed E-state index contributed by atoms with van der Waals surface area (Å²) in [6.45, 7) is 3.14. The second-order valence-electron chi connectivity index (χ2n) is 5.28. The molecule has 0 saturated carbocycles. The van der Waals surface area contributed by atoms with Gasteiger partial charge in [0.15, 0.2) is 0 Å². The van der Waals surface area contributed by atoms with E-state index in [1.54, 1.807) is 6.20 Å². The van der Waals surface area contributed by atoms with Crippen LogP contribution in [0.4, 0.5) is 0 Å². The van der Waals surface area contributed by atoms with Gasteiger partial charge in [-0.1, -0.05) is 30.3 Å².